The topological polar surface area (TPSA) is 66.9 Å². The Bertz CT molecular complexity index is 1060. The second-order valence-electron chi connectivity index (χ2n) is 7.24. The largest absolute Gasteiger partial charge is 0.497 e. The van der Waals surface area contributed by atoms with Crippen LogP contribution in [0.1, 0.15) is 32.7 Å². The lowest BCUT2D eigenvalue weighted by molar-refractivity contribution is 0.0600. The van der Waals surface area contributed by atoms with Crippen LogP contribution in [0.2, 0.25) is 0 Å². The Kier molecular flexibility index (Phi) is 8.11. The van der Waals surface area contributed by atoms with E-state index in [4.69, 9.17) is 18.9 Å². The van der Waals surface area contributed by atoms with Gasteiger partial charge in [0, 0.05) is 6.07 Å². The van der Waals surface area contributed by atoms with Crippen LogP contribution in [0, 0.1) is 6.92 Å². The van der Waals surface area contributed by atoms with Crippen molar-refractivity contribution >= 4 is 21.9 Å². The van der Waals surface area contributed by atoms with Crippen molar-refractivity contribution in [1.82, 2.24) is 4.98 Å². The Balaban J connectivity index is 1.76. The van der Waals surface area contributed by atoms with Gasteiger partial charge in [0.25, 0.3) is 0 Å². The van der Waals surface area contributed by atoms with Crippen LogP contribution in [0.4, 0.5) is 0 Å². The summed E-state index contributed by atoms with van der Waals surface area (Å²) < 4.78 is 22.4. The number of hydrogen-bond acceptors (Lipinski definition) is 6. The van der Waals surface area contributed by atoms with Crippen molar-refractivity contribution < 1.29 is 23.7 Å². The quantitative estimate of drug-likeness (QED) is 0.293. The molecule has 0 saturated heterocycles. The molecule has 2 aromatic carbocycles. The van der Waals surface area contributed by atoms with Gasteiger partial charge in [0.2, 0.25) is 0 Å². The highest BCUT2D eigenvalue weighted by Crippen LogP contribution is 2.29. The number of rotatable bonds is 9. The lowest BCUT2D eigenvalue weighted by atomic mass is 10.0. The maximum absolute atomic E-state index is 11.6. The number of benzene rings is 2. The summed E-state index contributed by atoms with van der Waals surface area (Å²) in [5, 5.41) is 0. The van der Waals surface area contributed by atoms with Gasteiger partial charge in [-0.3, -0.25) is 0 Å². The number of hydrogen-bond donors (Lipinski definition) is 0. The maximum Gasteiger partial charge on any atom is 0.337 e. The maximum atomic E-state index is 11.6. The first-order valence-electron chi connectivity index (χ1n) is 10.1. The zero-order valence-corrected chi connectivity index (χ0v) is 20.2. The second kappa shape index (κ2) is 11.0. The summed E-state index contributed by atoms with van der Waals surface area (Å²) in [6.07, 6.45) is 1.45. The Labute approximate surface area is 196 Å². The first kappa shape index (κ1) is 23.6. The standard InChI is InChI=1S/C25H26BrNO5/c1-16-11-23(26)27-22(10-7-17-5-8-19(9-6-17)25(28)31-4)24(16)32-15-18-12-20(29-2)14-21(13-18)30-3/h5-6,8-9,11-14H,7,10,15H2,1-4H3. The zero-order valence-electron chi connectivity index (χ0n) is 18.6. The van der Waals surface area contributed by atoms with Crippen LogP contribution < -0.4 is 14.2 Å². The van der Waals surface area contributed by atoms with Crippen molar-refractivity contribution in [3.8, 4) is 17.2 Å². The fourth-order valence-corrected chi connectivity index (χ4v) is 3.90. The molecule has 1 aromatic heterocycles. The van der Waals surface area contributed by atoms with Gasteiger partial charge in [-0.25, -0.2) is 9.78 Å². The van der Waals surface area contributed by atoms with Crippen LogP contribution in [-0.2, 0) is 24.2 Å². The third kappa shape index (κ3) is 6.01. The van der Waals surface area contributed by atoms with E-state index in [1.807, 2.05) is 43.3 Å². The van der Waals surface area contributed by atoms with Crippen molar-refractivity contribution in [1.29, 1.82) is 0 Å². The first-order valence-corrected chi connectivity index (χ1v) is 10.9. The number of aromatic nitrogens is 1. The molecule has 0 saturated carbocycles. The molecule has 0 radical (unpaired) electrons. The van der Waals surface area contributed by atoms with E-state index in [0.29, 0.717) is 30.1 Å². The van der Waals surface area contributed by atoms with Crippen LogP contribution in [0.3, 0.4) is 0 Å². The van der Waals surface area contributed by atoms with E-state index in [1.165, 1.54) is 7.11 Å². The van der Waals surface area contributed by atoms with E-state index in [-0.39, 0.29) is 5.97 Å². The molecule has 0 bridgehead atoms. The molecule has 0 spiro atoms. The number of aryl methyl sites for hydroxylation is 3. The lowest BCUT2D eigenvalue weighted by Gasteiger charge is -2.15. The molecule has 6 nitrogen and oxygen atoms in total. The van der Waals surface area contributed by atoms with Crippen molar-refractivity contribution in [3.05, 3.63) is 81.1 Å². The molecule has 0 atom stereocenters. The molecule has 1 heterocycles. The van der Waals surface area contributed by atoms with Crippen molar-refractivity contribution in [2.75, 3.05) is 21.3 Å². The molecule has 3 rings (SSSR count). The summed E-state index contributed by atoms with van der Waals surface area (Å²) in [5.74, 6) is 1.85. The number of pyridine rings is 1. The van der Waals surface area contributed by atoms with E-state index in [2.05, 4.69) is 20.9 Å². The Morgan fingerprint density at radius 2 is 1.56 bits per heavy atom. The monoisotopic (exact) mass is 499 g/mol. The van der Waals surface area contributed by atoms with Crippen LogP contribution in [0.15, 0.2) is 53.1 Å². The molecule has 0 fully saturated rings. The normalized spacial score (nSPS) is 10.5. The minimum Gasteiger partial charge on any atom is -0.497 e. The average molecular weight is 500 g/mol. The highest BCUT2D eigenvalue weighted by atomic mass is 79.9. The van der Waals surface area contributed by atoms with Gasteiger partial charge in [-0.05, 0) is 82.7 Å². The summed E-state index contributed by atoms with van der Waals surface area (Å²) in [5.41, 5.74) is 4.43. The van der Waals surface area contributed by atoms with Crippen molar-refractivity contribution in [2.45, 2.75) is 26.4 Å². The third-order valence-corrected chi connectivity index (χ3v) is 5.42. The Morgan fingerprint density at radius 3 is 2.16 bits per heavy atom. The molecule has 0 aliphatic rings. The third-order valence-electron chi connectivity index (χ3n) is 5.02. The minimum absolute atomic E-state index is 0.342. The van der Waals surface area contributed by atoms with Crippen LogP contribution in [0.25, 0.3) is 0 Å². The number of ether oxygens (including phenoxy) is 4. The molecule has 0 aliphatic carbocycles. The Hall–Kier alpha value is -3.06. The predicted molar refractivity (Wildman–Crippen MR) is 126 cm³/mol. The van der Waals surface area contributed by atoms with Crippen LogP contribution in [0.5, 0.6) is 17.2 Å². The highest BCUT2D eigenvalue weighted by molar-refractivity contribution is 9.10. The van der Waals surface area contributed by atoms with Gasteiger partial charge in [0.15, 0.2) is 0 Å². The number of carbonyl (C=O) groups is 1. The number of nitrogens with zero attached hydrogens (tertiary/aromatic N) is 1. The van der Waals surface area contributed by atoms with Gasteiger partial charge in [-0.1, -0.05) is 12.1 Å². The van der Waals surface area contributed by atoms with E-state index in [9.17, 15) is 4.79 Å². The van der Waals surface area contributed by atoms with Crippen LogP contribution >= 0.6 is 15.9 Å². The molecular weight excluding hydrogens is 474 g/mol. The van der Waals surface area contributed by atoms with Gasteiger partial charge >= 0.3 is 5.97 Å². The Morgan fingerprint density at radius 1 is 0.906 bits per heavy atom. The van der Waals surface area contributed by atoms with E-state index in [1.54, 1.807) is 26.4 Å². The molecule has 0 N–H and O–H groups in total. The summed E-state index contributed by atoms with van der Waals surface area (Å²) >= 11 is 3.49. The van der Waals surface area contributed by atoms with Crippen LogP contribution in [-0.4, -0.2) is 32.3 Å². The number of carbonyl (C=O) groups excluding carboxylic acids is 1. The van der Waals surface area contributed by atoms with E-state index in [0.717, 1.165) is 39.2 Å². The summed E-state index contributed by atoms with van der Waals surface area (Å²) in [4.78, 5) is 16.3. The van der Waals surface area contributed by atoms with E-state index < -0.39 is 0 Å². The van der Waals surface area contributed by atoms with Crippen molar-refractivity contribution in [3.63, 3.8) is 0 Å². The number of esters is 1. The van der Waals surface area contributed by atoms with E-state index >= 15 is 0 Å². The van der Waals surface area contributed by atoms with Gasteiger partial charge < -0.3 is 18.9 Å². The summed E-state index contributed by atoms with van der Waals surface area (Å²) in [6.45, 7) is 2.36. The van der Waals surface area contributed by atoms with Gasteiger partial charge in [0.1, 0.15) is 28.5 Å². The minimum atomic E-state index is -0.342. The van der Waals surface area contributed by atoms with Gasteiger partial charge in [-0.2, -0.15) is 0 Å². The average Bonchev–Trinajstić information content (AvgIpc) is 2.81. The highest BCUT2D eigenvalue weighted by Gasteiger charge is 2.13. The first-order chi connectivity index (χ1) is 15.4. The predicted octanol–water partition coefficient (Wildman–Crippen LogP) is 5.32. The lowest BCUT2D eigenvalue weighted by Crippen LogP contribution is -2.05. The molecule has 7 heteroatoms. The zero-order chi connectivity index (χ0) is 23.1. The molecule has 168 valence electrons. The van der Waals surface area contributed by atoms with Gasteiger partial charge in [0.05, 0.1) is 32.6 Å². The molecule has 3 aromatic rings. The number of methoxy groups -OCH3 is 3. The fourth-order valence-electron chi connectivity index (χ4n) is 3.34. The summed E-state index contributed by atoms with van der Waals surface area (Å²) in [6, 6.07) is 15.0. The second-order valence-corrected chi connectivity index (χ2v) is 8.05. The summed E-state index contributed by atoms with van der Waals surface area (Å²) in [7, 11) is 4.62. The molecule has 0 unspecified atom stereocenters. The molecular formula is C25H26BrNO5. The van der Waals surface area contributed by atoms with Gasteiger partial charge in [-0.15, -0.1) is 0 Å². The fraction of sp³-hybridized carbons (Fsp3) is 0.280. The molecule has 32 heavy (non-hydrogen) atoms. The molecule has 0 amide bonds. The smallest absolute Gasteiger partial charge is 0.337 e. The van der Waals surface area contributed by atoms with Crippen molar-refractivity contribution in [2.24, 2.45) is 0 Å². The number of halogens is 1. The SMILES string of the molecule is COC(=O)c1ccc(CCc2nc(Br)cc(C)c2OCc2cc(OC)cc(OC)c2)cc1. The molecule has 0 aliphatic heterocycles.